The lowest BCUT2D eigenvalue weighted by Gasteiger charge is -2.06. The van der Waals surface area contributed by atoms with E-state index in [9.17, 15) is 0 Å². The van der Waals surface area contributed by atoms with E-state index in [-0.39, 0.29) is 0 Å². The lowest BCUT2D eigenvalue weighted by atomic mass is 10.2. The van der Waals surface area contributed by atoms with Crippen molar-refractivity contribution in [3.8, 4) is 0 Å². The molecule has 0 amide bonds. The zero-order valence-electron chi connectivity index (χ0n) is 12.5. The summed E-state index contributed by atoms with van der Waals surface area (Å²) in [6.45, 7) is 12.5. The average Bonchev–Trinajstić information content (AvgIpc) is 2.49. The smallest absolute Gasteiger partial charge is 0.234 e. The summed E-state index contributed by atoms with van der Waals surface area (Å²) in [5, 5.41) is 0. The highest BCUT2D eigenvalue weighted by Gasteiger charge is 2.24. The fourth-order valence-electron chi connectivity index (χ4n) is 2.64. The van der Waals surface area contributed by atoms with Gasteiger partial charge in [0.2, 0.25) is 0 Å². The van der Waals surface area contributed by atoms with Gasteiger partial charge in [-0.1, -0.05) is 33.6 Å². The molecule has 0 spiro atoms. The highest BCUT2D eigenvalue weighted by Crippen LogP contribution is 2.17. The molecule has 1 rings (SSSR count). The molecule has 0 aromatic carbocycles. The quantitative estimate of drug-likeness (QED) is 0.528. The van der Waals surface area contributed by atoms with E-state index in [2.05, 4.69) is 50.8 Å². The maximum Gasteiger partial charge on any atom is 0.259 e. The van der Waals surface area contributed by atoms with Crippen LogP contribution in [0.4, 0.5) is 0 Å². The van der Waals surface area contributed by atoms with E-state index >= 15 is 0 Å². The van der Waals surface area contributed by atoms with Gasteiger partial charge in [-0.15, -0.1) is 0 Å². The predicted molar refractivity (Wildman–Crippen MR) is 73.3 cm³/mol. The molecule has 1 heterocycles. The summed E-state index contributed by atoms with van der Waals surface area (Å²) >= 11 is 0. The normalized spacial score (nSPS) is 11.5. The minimum absolute atomic E-state index is 0.596. The third-order valence-electron chi connectivity index (χ3n) is 3.80. The minimum Gasteiger partial charge on any atom is -0.234 e. The van der Waals surface area contributed by atoms with E-state index < -0.39 is 0 Å². The summed E-state index contributed by atoms with van der Waals surface area (Å²) in [6.07, 6.45) is 5.34. The van der Waals surface area contributed by atoms with Gasteiger partial charge in [0.05, 0.1) is 19.5 Å². The first-order chi connectivity index (χ1) is 8.00. The highest BCUT2D eigenvalue weighted by molar-refractivity contribution is 5.09. The van der Waals surface area contributed by atoms with Crippen molar-refractivity contribution in [1.82, 2.24) is 4.57 Å². The van der Waals surface area contributed by atoms with Gasteiger partial charge in [0.15, 0.2) is 0 Å². The molecule has 0 N–H and O–H groups in total. The molecule has 0 radical (unpaired) electrons. The largest absolute Gasteiger partial charge is 0.259 e. The van der Waals surface area contributed by atoms with Gasteiger partial charge in [-0.25, -0.2) is 9.13 Å². The number of unbranched alkanes of at least 4 members (excludes halogenated alkanes) is 3. The average molecular weight is 237 g/mol. The lowest BCUT2D eigenvalue weighted by Crippen LogP contribution is -2.36. The molecule has 2 heteroatoms. The second-order valence-electron chi connectivity index (χ2n) is 5.46. The fourth-order valence-corrected chi connectivity index (χ4v) is 2.64. The zero-order chi connectivity index (χ0) is 13.0. The van der Waals surface area contributed by atoms with Crippen molar-refractivity contribution >= 4 is 0 Å². The maximum atomic E-state index is 2.52. The Kier molecular flexibility index (Phi) is 5.23. The van der Waals surface area contributed by atoms with Crippen LogP contribution in [0.2, 0.25) is 0 Å². The van der Waals surface area contributed by atoms with Crippen LogP contribution in [0.15, 0.2) is 0 Å². The van der Waals surface area contributed by atoms with E-state index in [1.165, 1.54) is 49.4 Å². The first-order valence-corrected chi connectivity index (χ1v) is 7.06. The predicted octanol–water partition coefficient (Wildman–Crippen LogP) is 3.63. The van der Waals surface area contributed by atoms with Crippen LogP contribution >= 0.6 is 0 Å². The van der Waals surface area contributed by atoms with Crippen molar-refractivity contribution in [2.75, 3.05) is 0 Å². The molecule has 98 valence electrons. The van der Waals surface area contributed by atoms with Crippen LogP contribution in [0, 0.1) is 13.8 Å². The van der Waals surface area contributed by atoms with E-state index in [4.69, 9.17) is 0 Å². The van der Waals surface area contributed by atoms with Crippen molar-refractivity contribution in [2.45, 2.75) is 72.8 Å². The van der Waals surface area contributed by atoms with Crippen LogP contribution in [-0.4, -0.2) is 4.57 Å². The molecule has 2 nitrogen and oxygen atoms in total. The third-order valence-corrected chi connectivity index (χ3v) is 3.80. The van der Waals surface area contributed by atoms with Gasteiger partial charge in [-0.2, -0.15) is 0 Å². The summed E-state index contributed by atoms with van der Waals surface area (Å²) in [7, 11) is 2.19. The van der Waals surface area contributed by atoms with Crippen molar-refractivity contribution in [2.24, 2.45) is 7.05 Å². The van der Waals surface area contributed by atoms with Gasteiger partial charge in [0.25, 0.3) is 5.82 Å². The molecule has 0 aliphatic carbocycles. The Morgan fingerprint density at radius 1 is 1.12 bits per heavy atom. The van der Waals surface area contributed by atoms with Gasteiger partial charge in [-0.05, 0) is 12.8 Å². The second-order valence-corrected chi connectivity index (χ2v) is 5.46. The fraction of sp³-hybridized carbons (Fsp3) is 0.800. The second kappa shape index (κ2) is 6.23. The van der Waals surface area contributed by atoms with Crippen LogP contribution in [0.3, 0.4) is 0 Å². The van der Waals surface area contributed by atoms with Gasteiger partial charge in [0, 0.05) is 13.8 Å². The SMILES string of the molecule is CCCCCCn1c(C)c(C)[n+](C)c1C(C)C. The summed E-state index contributed by atoms with van der Waals surface area (Å²) in [5.41, 5.74) is 2.84. The first kappa shape index (κ1) is 14.3. The topological polar surface area (TPSA) is 8.81 Å². The van der Waals surface area contributed by atoms with Crippen molar-refractivity contribution < 1.29 is 4.57 Å². The molecule has 0 atom stereocenters. The van der Waals surface area contributed by atoms with Crippen LogP contribution < -0.4 is 4.57 Å². The van der Waals surface area contributed by atoms with E-state index in [1.54, 1.807) is 0 Å². The molecule has 0 saturated carbocycles. The number of nitrogens with zero attached hydrogens (tertiary/aromatic N) is 2. The van der Waals surface area contributed by atoms with Crippen LogP contribution in [-0.2, 0) is 13.6 Å². The number of aromatic nitrogens is 2. The Bertz CT molecular complexity index is 361. The van der Waals surface area contributed by atoms with Gasteiger partial charge in [0.1, 0.15) is 11.4 Å². The molecule has 17 heavy (non-hydrogen) atoms. The molecule has 0 aliphatic heterocycles. The number of hydrogen-bond acceptors (Lipinski definition) is 0. The Labute approximate surface area is 107 Å². The number of rotatable bonds is 6. The monoisotopic (exact) mass is 237 g/mol. The summed E-state index contributed by atoms with van der Waals surface area (Å²) in [5.74, 6) is 2.06. The molecule has 0 bridgehead atoms. The molecule has 1 aromatic heterocycles. The molecule has 0 unspecified atom stereocenters. The third kappa shape index (κ3) is 3.11. The summed E-state index contributed by atoms with van der Waals surface area (Å²) in [4.78, 5) is 0. The van der Waals surface area contributed by atoms with E-state index in [0.717, 1.165) is 0 Å². The van der Waals surface area contributed by atoms with Gasteiger partial charge >= 0.3 is 0 Å². The van der Waals surface area contributed by atoms with Crippen molar-refractivity contribution in [3.05, 3.63) is 17.2 Å². The molecule has 0 aliphatic rings. The van der Waals surface area contributed by atoms with Gasteiger partial charge < -0.3 is 0 Å². The Morgan fingerprint density at radius 2 is 1.76 bits per heavy atom. The Morgan fingerprint density at radius 3 is 2.29 bits per heavy atom. The van der Waals surface area contributed by atoms with Crippen molar-refractivity contribution in [3.63, 3.8) is 0 Å². The number of hydrogen-bond donors (Lipinski definition) is 0. The van der Waals surface area contributed by atoms with Crippen LogP contribution in [0.5, 0.6) is 0 Å². The molecule has 1 aromatic rings. The van der Waals surface area contributed by atoms with Gasteiger partial charge in [-0.3, -0.25) is 0 Å². The van der Waals surface area contributed by atoms with Crippen LogP contribution in [0.1, 0.15) is 69.6 Å². The first-order valence-electron chi connectivity index (χ1n) is 7.06. The lowest BCUT2D eigenvalue weighted by molar-refractivity contribution is -0.685. The zero-order valence-corrected chi connectivity index (χ0v) is 12.5. The van der Waals surface area contributed by atoms with Crippen LogP contribution in [0.25, 0.3) is 0 Å². The number of imidazole rings is 1. The minimum atomic E-state index is 0.596. The Hall–Kier alpha value is -0.790. The molecule has 0 saturated heterocycles. The maximum absolute atomic E-state index is 2.52. The van der Waals surface area contributed by atoms with Crippen molar-refractivity contribution in [1.29, 1.82) is 0 Å². The Balaban J connectivity index is 2.86. The molecular weight excluding hydrogens is 208 g/mol. The summed E-state index contributed by atoms with van der Waals surface area (Å²) in [6, 6.07) is 0. The standard InChI is InChI=1S/C15H29N2/c1-7-8-9-10-11-17-14(5)13(4)16(6)15(17)12(2)3/h12H,7-11H2,1-6H3/q+1. The van der Waals surface area contributed by atoms with E-state index in [0.29, 0.717) is 5.92 Å². The molecule has 0 fully saturated rings. The van der Waals surface area contributed by atoms with E-state index in [1.807, 2.05) is 0 Å². The highest BCUT2D eigenvalue weighted by atomic mass is 15.2. The summed E-state index contributed by atoms with van der Waals surface area (Å²) < 4.78 is 4.88. The molecular formula is C15H29N2+.